The molecule has 0 saturated carbocycles. The zero-order chi connectivity index (χ0) is 22.4. The number of carbonyl (C=O) groups is 1. The van der Waals surface area contributed by atoms with E-state index in [0.717, 1.165) is 11.1 Å². The lowest BCUT2D eigenvalue weighted by Crippen LogP contribution is -2.25. The van der Waals surface area contributed by atoms with Gasteiger partial charge in [-0.1, -0.05) is 36.4 Å². The largest absolute Gasteiger partial charge is 0.508 e. The zero-order valence-corrected chi connectivity index (χ0v) is 17.6. The number of hydrogen-bond donors (Lipinski definition) is 3. The molecule has 31 heavy (non-hydrogen) atoms. The Hall–Kier alpha value is -4.00. The van der Waals surface area contributed by atoms with Crippen LogP contribution in [0, 0.1) is 20.8 Å². The number of rotatable bonds is 4. The third kappa shape index (κ3) is 3.15. The molecular weight excluding hydrogens is 392 g/mol. The number of carbonyl (C=O) groups excluding carboxylic acids is 1. The second-order valence-electron chi connectivity index (χ2n) is 7.76. The Kier molecular flexibility index (Phi) is 4.81. The SMILES string of the molecule is Cc1ccc(O)c(C)c1-n1c(N)c(C(N)=O)c2c(=O)n(Cc3ccccc3)c(C)cc21. The fraction of sp³-hybridized carbons (Fsp3) is 0.167. The molecule has 0 saturated heterocycles. The van der Waals surface area contributed by atoms with Gasteiger partial charge in [-0.05, 0) is 44.0 Å². The van der Waals surface area contributed by atoms with Gasteiger partial charge in [0.1, 0.15) is 11.6 Å². The lowest BCUT2D eigenvalue weighted by molar-refractivity contribution is 0.100. The molecule has 0 aliphatic carbocycles. The van der Waals surface area contributed by atoms with Crippen LogP contribution in [-0.4, -0.2) is 20.1 Å². The number of nitrogens with two attached hydrogens (primary N) is 2. The molecular formula is C24H24N4O3. The minimum absolute atomic E-state index is 0.0102. The Morgan fingerprint density at radius 2 is 1.74 bits per heavy atom. The number of primary amides is 1. The van der Waals surface area contributed by atoms with Crippen molar-refractivity contribution in [1.29, 1.82) is 0 Å². The fourth-order valence-corrected chi connectivity index (χ4v) is 4.16. The van der Waals surface area contributed by atoms with Crippen molar-refractivity contribution in [1.82, 2.24) is 9.13 Å². The van der Waals surface area contributed by atoms with Gasteiger partial charge >= 0.3 is 0 Å². The van der Waals surface area contributed by atoms with Crippen LogP contribution in [0.1, 0.15) is 32.7 Å². The van der Waals surface area contributed by atoms with Gasteiger partial charge in [0.15, 0.2) is 0 Å². The Bertz CT molecular complexity index is 1400. The molecule has 7 nitrogen and oxygen atoms in total. The molecule has 5 N–H and O–H groups in total. The third-order valence-electron chi connectivity index (χ3n) is 5.73. The topological polar surface area (TPSA) is 116 Å². The summed E-state index contributed by atoms with van der Waals surface area (Å²) in [6.45, 7) is 5.83. The summed E-state index contributed by atoms with van der Waals surface area (Å²) in [5.41, 5.74) is 15.9. The molecule has 0 unspecified atom stereocenters. The number of phenolic OH excluding ortho intramolecular Hbond substituents is 1. The molecule has 158 valence electrons. The predicted molar refractivity (Wildman–Crippen MR) is 122 cm³/mol. The number of pyridine rings is 1. The number of aromatic nitrogens is 2. The number of nitrogens with zero attached hydrogens (tertiary/aromatic N) is 2. The second kappa shape index (κ2) is 7.36. The number of aromatic hydroxyl groups is 1. The number of aryl methyl sites for hydroxylation is 2. The molecule has 2 aromatic heterocycles. The van der Waals surface area contributed by atoms with Crippen molar-refractivity contribution in [3.63, 3.8) is 0 Å². The van der Waals surface area contributed by atoms with E-state index in [0.29, 0.717) is 29.0 Å². The van der Waals surface area contributed by atoms with Crippen LogP contribution >= 0.6 is 0 Å². The van der Waals surface area contributed by atoms with Gasteiger partial charge in [0.05, 0.1) is 28.7 Å². The monoisotopic (exact) mass is 416 g/mol. The van der Waals surface area contributed by atoms with E-state index in [2.05, 4.69) is 0 Å². The van der Waals surface area contributed by atoms with Crippen molar-refractivity contribution in [2.45, 2.75) is 27.3 Å². The first kappa shape index (κ1) is 20.3. The maximum Gasteiger partial charge on any atom is 0.261 e. The van der Waals surface area contributed by atoms with Crippen LogP contribution in [0.15, 0.2) is 53.3 Å². The highest BCUT2D eigenvalue weighted by Crippen LogP contribution is 2.35. The smallest absolute Gasteiger partial charge is 0.261 e. The fourth-order valence-electron chi connectivity index (χ4n) is 4.16. The van der Waals surface area contributed by atoms with Gasteiger partial charge < -0.3 is 21.1 Å². The highest BCUT2D eigenvalue weighted by atomic mass is 16.3. The van der Waals surface area contributed by atoms with E-state index in [1.807, 2.05) is 50.2 Å². The molecule has 4 aromatic rings. The Balaban J connectivity index is 2.10. The molecule has 7 heteroatoms. The molecule has 4 rings (SSSR count). The van der Waals surface area contributed by atoms with Gasteiger partial charge in [0.25, 0.3) is 11.5 Å². The number of phenols is 1. The van der Waals surface area contributed by atoms with Gasteiger partial charge in [0.2, 0.25) is 0 Å². The molecule has 2 heterocycles. The van der Waals surface area contributed by atoms with Crippen molar-refractivity contribution >= 4 is 22.6 Å². The van der Waals surface area contributed by atoms with E-state index in [-0.39, 0.29) is 28.1 Å². The number of hydrogen-bond acceptors (Lipinski definition) is 4. The highest BCUT2D eigenvalue weighted by molar-refractivity contribution is 6.11. The van der Waals surface area contributed by atoms with E-state index >= 15 is 0 Å². The molecule has 0 atom stereocenters. The average molecular weight is 416 g/mol. The first-order valence-electron chi connectivity index (χ1n) is 9.90. The molecule has 1 amide bonds. The van der Waals surface area contributed by atoms with Crippen LogP contribution in [0.3, 0.4) is 0 Å². The Morgan fingerprint density at radius 1 is 1.06 bits per heavy atom. The first-order chi connectivity index (χ1) is 14.7. The molecule has 0 aliphatic heterocycles. The quantitative estimate of drug-likeness (QED) is 0.474. The molecule has 0 aliphatic rings. The lowest BCUT2D eigenvalue weighted by Gasteiger charge is -2.16. The number of anilines is 1. The summed E-state index contributed by atoms with van der Waals surface area (Å²) in [6, 6.07) is 14.8. The normalized spacial score (nSPS) is 11.2. The summed E-state index contributed by atoms with van der Waals surface area (Å²) < 4.78 is 3.25. The number of fused-ring (bicyclic) bond motifs is 1. The van der Waals surface area contributed by atoms with Crippen LogP contribution < -0.4 is 17.0 Å². The maximum atomic E-state index is 13.5. The molecule has 0 bridgehead atoms. The predicted octanol–water partition coefficient (Wildman–Crippen LogP) is 3.15. The molecule has 0 fully saturated rings. The first-order valence-corrected chi connectivity index (χ1v) is 9.90. The van der Waals surface area contributed by atoms with Gasteiger partial charge in [-0.25, -0.2) is 0 Å². The van der Waals surface area contributed by atoms with E-state index in [9.17, 15) is 14.7 Å². The molecule has 0 spiro atoms. The second-order valence-corrected chi connectivity index (χ2v) is 7.76. The number of amides is 1. The third-order valence-corrected chi connectivity index (χ3v) is 5.73. The van der Waals surface area contributed by atoms with E-state index in [1.54, 1.807) is 28.2 Å². The standard InChI is InChI=1S/C24H24N4O3/c1-13-9-10-18(29)15(3)21(13)28-17-11-14(2)27(12-16-7-5-4-6-8-16)24(31)19(17)20(22(28)25)23(26)30/h4-11,29H,12,25H2,1-3H3,(H2,26,30). The summed E-state index contributed by atoms with van der Waals surface area (Å²) in [6.07, 6.45) is 0. The number of benzene rings is 2. The van der Waals surface area contributed by atoms with Crippen molar-refractivity contribution < 1.29 is 9.90 Å². The van der Waals surface area contributed by atoms with Crippen LogP contribution in [0.2, 0.25) is 0 Å². The Morgan fingerprint density at radius 3 is 2.39 bits per heavy atom. The average Bonchev–Trinajstić information content (AvgIpc) is 3.01. The van der Waals surface area contributed by atoms with E-state index in [1.165, 1.54) is 0 Å². The van der Waals surface area contributed by atoms with E-state index < -0.39 is 5.91 Å². The lowest BCUT2D eigenvalue weighted by atomic mass is 10.1. The minimum Gasteiger partial charge on any atom is -0.508 e. The van der Waals surface area contributed by atoms with Crippen molar-refractivity contribution in [2.75, 3.05) is 5.73 Å². The van der Waals surface area contributed by atoms with Gasteiger partial charge in [-0.2, -0.15) is 0 Å². The highest BCUT2D eigenvalue weighted by Gasteiger charge is 2.26. The zero-order valence-electron chi connectivity index (χ0n) is 17.6. The molecule has 2 aromatic carbocycles. The van der Waals surface area contributed by atoms with Gasteiger partial charge in [0, 0.05) is 11.3 Å². The van der Waals surface area contributed by atoms with Crippen molar-refractivity contribution in [2.24, 2.45) is 5.73 Å². The van der Waals surface area contributed by atoms with Gasteiger partial charge in [-0.15, -0.1) is 0 Å². The summed E-state index contributed by atoms with van der Waals surface area (Å²) in [5, 5.41) is 10.4. The van der Waals surface area contributed by atoms with Crippen LogP contribution in [-0.2, 0) is 6.54 Å². The Labute approximate surface area is 179 Å². The van der Waals surface area contributed by atoms with Crippen LogP contribution in [0.25, 0.3) is 16.6 Å². The van der Waals surface area contributed by atoms with Crippen LogP contribution in [0.4, 0.5) is 5.82 Å². The summed E-state index contributed by atoms with van der Waals surface area (Å²) in [7, 11) is 0. The van der Waals surface area contributed by atoms with Gasteiger partial charge in [-0.3, -0.25) is 14.2 Å². The summed E-state index contributed by atoms with van der Waals surface area (Å²) in [5.74, 6) is -0.603. The minimum atomic E-state index is -0.774. The maximum absolute atomic E-state index is 13.5. The summed E-state index contributed by atoms with van der Waals surface area (Å²) >= 11 is 0. The molecule has 0 radical (unpaired) electrons. The van der Waals surface area contributed by atoms with Crippen molar-refractivity contribution in [3.05, 3.63) is 86.8 Å². The van der Waals surface area contributed by atoms with Crippen molar-refractivity contribution in [3.8, 4) is 11.4 Å². The number of nitrogen functional groups attached to an aromatic ring is 1. The van der Waals surface area contributed by atoms with E-state index in [4.69, 9.17) is 11.5 Å². The summed E-state index contributed by atoms with van der Waals surface area (Å²) in [4.78, 5) is 25.9. The van der Waals surface area contributed by atoms with Crippen LogP contribution in [0.5, 0.6) is 5.75 Å².